The van der Waals surface area contributed by atoms with Crippen molar-refractivity contribution >= 4 is 48.5 Å². The molecule has 0 saturated carbocycles. The third-order valence-corrected chi connectivity index (χ3v) is 10.1. The van der Waals surface area contributed by atoms with Crippen LogP contribution < -0.4 is 4.90 Å². The van der Waals surface area contributed by atoms with Gasteiger partial charge in [0.15, 0.2) is 0 Å². The van der Waals surface area contributed by atoms with Crippen molar-refractivity contribution in [3.05, 3.63) is 175 Å². The predicted molar refractivity (Wildman–Crippen MR) is 195 cm³/mol. The first-order chi connectivity index (χ1) is 22.2. The van der Waals surface area contributed by atoms with Gasteiger partial charge in [-0.25, -0.2) is 0 Å². The van der Waals surface area contributed by atoms with Gasteiger partial charge in [-0.1, -0.05) is 140 Å². The highest BCUT2D eigenvalue weighted by atomic mass is 32.1. The average molecular weight is 596 g/mol. The molecule has 2 unspecified atom stereocenters. The topological polar surface area (TPSA) is 3.24 Å². The minimum atomic E-state index is 0.177. The van der Waals surface area contributed by atoms with E-state index in [1.807, 2.05) is 11.3 Å². The number of fused-ring (bicyclic) bond motifs is 3. The van der Waals surface area contributed by atoms with Crippen LogP contribution in [0.25, 0.3) is 48.0 Å². The molecule has 1 aliphatic rings. The minimum Gasteiger partial charge on any atom is -0.334 e. The molecule has 0 bridgehead atoms. The fraction of sp³-hybridized carbons (Fsp3) is 0.0698. The zero-order valence-electron chi connectivity index (χ0n) is 25.2. The van der Waals surface area contributed by atoms with Crippen molar-refractivity contribution in [2.24, 2.45) is 5.92 Å². The van der Waals surface area contributed by atoms with Crippen molar-refractivity contribution in [1.29, 1.82) is 0 Å². The van der Waals surface area contributed by atoms with Gasteiger partial charge >= 0.3 is 0 Å². The standard InChI is InChI=1S/C43H33NS/c1-30-28-36(32-12-6-3-7-13-32)22-26-41(30)44(38-25-27-43-40(29-38)39-14-8-9-15-42(39)45-43)37-23-20-35(21-24-37)34-18-16-33(17-19-34)31-10-4-2-5-11-31/h2-30,41H,1H3. The number of hydrogen-bond donors (Lipinski definition) is 0. The number of benzene rings is 6. The Bertz CT molecular complexity index is 2150. The van der Waals surface area contributed by atoms with Crippen LogP contribution in [-0.2, 0) is 0 Å². The van der Waals surface area contributed by atoms with Crippen LogP contribution in [0.2, 0.25) is 0 Å². The molecule has 1 aromatic heterocycles. The van der Waals surface area contributed by atoms with E-state index >= 15 is 0 Å². The Hall–Kier alpha value is -5.18. The summed E-state index contributed by atoms with van der Waals surface area (Å²) in [6, 6.07) is 55.2. The SMILES string of the molecule is CC1C=C(c2ccccc2)C=CC1N(c1ccc(-c2ccc(-c3ccccc3)cc2)cc1)c1ccc2sc3ccccc3c2c1. The van der Waals surface area contributed by atoms with Gasteiger partial charge in [0.05, 0.1) is 6.04 Å². The first-order valence-corrected chi connectivity index (χ1v) is 16.4. The molecule has 0 radical (unpaired) electrons. The molecule has 2 heteroatoms. The summed E-state index contributed by atoms with van der Waals surface area (Å²) in [7, 11) is 0. The molecule has 216 valence electrons. The third-order valence-electron chi connectivity index (χ3n) is 8.97. The molecule has 7 aromatic rings. The van der Waals surface area contributed by atoms with Crippen LogP contribution >= 0.6 is 11.3 Å². The minimum absolute atomic E-state index is 0.177. The lowest BCUT2D eigenvalue weighted by Gasteiger charge is -2.37. The zero-order valence-corrected chi connectivity index (χ0v) is 26.0. The lowest BCUT2D eigenvalue weighted by atomic mass is 9.88. The molecule has 0 fully saturated rings. The molecule has 0 spiro atoms. The summed E-state index contributed by atoms with van der Waals surface area (Å²) in [4.78, 5) is 2.52. The van der Waals surface area contributed by atoms with Gasteiger partial charge in [-0.3, -0.25) is 0 Å². The Morgan fingerprint density at radius 1 is 0.489 bits per heavy atom. The second kappa shape index (κ2) is 11.7. The summed E-state index contributed by atoms with van der Waals surface area (Å²) in [6.07, 6.45) is 7.11. The summed E-state index contributed by atoms with van der Waals surface area (Å²) in [5.74, 6) is 0.310. The smallest absolute Gasteiger partial charge is 0.0585 e. The Morgan fingerprint density at radius 3 is 1.69 bits per heavy atom. The van der Waals surface area contributed by atoms with Crippen molar-refractivity contribution in [2.75, 3.05) is 4.90 Å². The van der Waals surface area contributed by atoms with E-state index in [2.05, 4.69) is 182 Å². The quantitative estimate of drug-likeness (QED) is 0.185. The predicted octanol–water partition coefficient (Wildman–Crippen LogP) is 12.2. The van der Waals surface area contributed by atoms with Crippen molar-refractivity contribution < 1.29 is 0 Å². The molecule has 6 aromatic carbocycles. The Labute approximate surface area is 269 Å². The van der Waals surface area contributed by atoms with Gasteiger partial charge in [-0.2, -0.15) is 0 Å². The van der Waals surface area contributed by atoms with Gasteiger partial charge < -0.3 is 4.90 Å². The van der Waals surface area contributed by atoms with Crippen LogP contribution in [0.15, 0.2) is 170 Å². The van der Waals surface area contributed by atoms with Gasteiger partial charge in [0.2, 0.25) is 0 Å². The molecule has 2 atom stereocenters. The van der Waals surface area contributed by atoms with Gasteiger partial charge in [-0.15, -0.1) is 11.3 Å². The molecular weight excluding hydrogens is 563 g/mol. The van der Waals surface area contributed by atoms with E-state index in [9.17, 15) is 0 Å². The fourth-order valence-corrected chi connectivity index (χ4v) is 7.70. The highest BCUT2D eigenvalue weighted by Crippen LogP contribution is 2.41. The van der Waals surface area contributed by atoms with E-state index in [0.717, 1.165) is 0 Å². The van der Waals surface area contributed by atoms with E-state index in [0.29, 0.717) is 5.92 Å². The van der Waals surface area contributed by atoms with Crippen LogP contribution in [-0.4, -0.2) is 6.04 Å². The molecule has 45 heavy (non-hydrogen) atoms. The lowest BCUT2D eigenvalue weighted by molar-refractivity contribution is 0.612. The molecule has 0 saturated heterocycles. The zero-order chi connectivity index (χ0) is 30.2. The number of anilines is 2. The summed E-state index contributed by atoms with van der Waals surface area (Å²) in [5.41, 5.74) is 9.87. The largest absolute Gasteiger partial charge is 0.334 e. The van der Waals surface area contributed by atoms with Crippen LogP contribution in [0, 0.1) is 5.92 Å². The summed E-state index contributed by atoms with van der Waals surface area (Å²) >= 11 is 1.87. The van der Waals surface area contributed by atoms with Crippen molar-refractivity contribution in [3.63, 3.8) is 0 Å². The molecule has 1 aliphatic carbocycles. The van der Waals surface area contributed by atoms with Crippen LogP contribution in [0.1, 0.15) is 12.5 Å². The van der Waals surface area contributed by atoms with E-state index in [4.69, 9.17) is 0 Å². The first-order valence-electron chi connectivity index (χ1n) is 15.6. The lowest BCUT2D eigenvalue weighted by Crippen LogP contribution is -2.35. The van der Waals surface area contributed by atoms with Gasteiger partial charge in [0.25, 0.3) is 0 Å². The summed E-state index contributed by atoms with van der Waals surface area (Å²) in [5, 5.41) is 2.65. The molecular formula is C43H33NS. The fourth-order valence-electron chi connectivity index (χ4n) is 6.62. The molecule has 1 nitrogen and oxygen atoms in total. The van der Waals surface area contributed by atoms with Crippen LogP contribution in [0.4, 0.5) is 11.4 Å². The van der Waals surface area contributed by atoms with E-state index in [-0.39, 0.29) is 6.04 Å². The van der Waals surface area contributed by atoms with Crippen molar-refractivity contribution in [2.45, 2.75) is 13.0 Å². The monoisotopic (exact) mass is 595 g/mol. The Kier molecular flexibility index (Phi) is 7.13. The average Bonchev–Trinajstić information content (AvgIpc) is 3.48. The molecule has 8 rings (SSSR count). The maximum atomic E-state index is 2.52. The molecule has 0 aliphatic heterocycles. The van der Waals surface area contributed by atoms with Crippen LogP contribution in [0.5, 0.6) is 0 Å². The normalized spacial score (nSPS) is 16.2. The molecule has 0 amide bonds. The highest BCUT2D eigenvalue weighted by Gasteiger charge is 2.26. The third kappa shape index (κ3) is 5.28. The van der Waals surface area contributed by atoms with Gasteiger partial charge in [-0.05, 0) is 75.7 Å². The highest BCUT2D eigenvalue weighted by molar-refractivity contribution is 7.25. The van der Waals surface area contributed by atoms with Gasteiger partial charge in [0, 0.05) is 31.5 Å². The number of hydrogen-bond acceptors (Lipinski definition) is 2. The Balaban J connectivity index is 1.17. The van der Waals surface area contributed by atoms with Crippen molar-refractivity contribution in [3.8, 4) is 22.3 Å². The van der Waals surface area contributed by atoms with Gasteiger partial charge in [0.1, 0.15) is 0 Å². The van der Waals surface area contributed by atoms with E-state index in [1.165, 1.54) is 64.9 Å². The number of allylic oxidation sites excluding steroid dienone is 2. The summed E-state index contributed by atoms with van der Waals surface area (Å²) < 4.78 is 2.66. The number of rotatable bonds is 6. The van der Waals surface area contributed by atoms with E-state index < -0.39 is 0 Å². The van der Waals surface area contributed by atoms with Crippen molar-refractivity contribution in [1.82, 2.24) is 0 Å². The molecule has 0 N–H and O–H groups in total. The number of thiophene rings is 1. The second-order valence-corrected chi connectivity index (χ2v) is 12.9. The Morgan fingerprint density at radius 2 is 1.02 bits per heavy atom. The maximum Gasteiger partial charge on any atom is 0.0585 e. The maximum absolute atomic E-state index is 2.52. The van der Waals surface area contributed by atoms with Crippen LogP contribution in [0.3, 0.4) is 0 Å². The summed E-state index contributed by atoms with van der Waals surface area (Å²) in [6.45, 7) is 2.34. The van der Waals surface area contributed by atoms with E-state index in [1.54, 1.807) is 0 Å². The number of nitrogens with zero attached hydrogens (tertiary/aromatic N) is 1. The first kappa shape index (κ1) is 27.4. The second-order valence-electron chi connectivity index (χ2n) is 11.8. The molecule has 1 heterocycles.